The summed E-state index contributed by atoms with van der Waals surface area (Å²) in [6, 6.07) is 21.9. The molecule has 174 valence electrons. The lowest BCUT2D eigenvalue weighted by Crippen LogP contribution is -2.22. The Morgan fingerprint density at radius 3 is 2.21 bits per heavy atom. The fourth-order valence-corrected chi connectivity index (χ4v) is 4.45. The molecule has 2 aromatic heterocycles. The first-order valence-corrected chi connectivity index (χ1v) is 15.0. The van der Waals surface area contributed by atoms with Gasteiger partial charge in [-0.25, -0.2) is 9.78 Å². The largest absolute Gasteiger partial charge is 0.478 e. The van der Waals surface area contributed by atoms with E-state index < -0.39 is 14.0 Å². The quantitative estimate of drug-likeness (QED) is 0.229. The Kier molecular flexibility index (Phi) is 7.05. The third-order valence-electron chi connectivity index (χ3n) is 5.58. The van der Waals surface area contributed by atoms with Crippen LogP contribution in [-0.4, -0.2) is 40.3 Å². The predicted molar refractivity (Wildman–Crippen MR) is 137 cm³/mol. The number of ether oxygens (including phenoxy) is 1. The molecule has 0 radical (unpaired) electrons. The molecule has 1 N–H and O–H groups in total. The Morgan fingerprint density at radius 1 is 0.912 bits per heavy atom. The third kappa shape index (κ3) is 5.50. The van der Waals surface area contributed by atoms with Crippen molar-refractivity contribution in [3.05, 3.63) is 84.7 Å². The SMILES string of the molecule is C[Si](C)(C)CCOCn1c(-c2ccccc2)nc(-c2ccncc2)c1-c1ccc(C(=O)O)cc1. The number of benzene rings is 2. The Bertz CT molecular complexity index is 1250. The highest BCUT2D eigenvalue weighted by atomic mass is 28.3. The Hall–Kier alpha value is -3.55. The van der Waals surface area contributed by atoms with Crippen LogP contribution in [0, 0.1) is 0 Å². The normalized spacial score (nSPS) is 11.5. The summed E-state index contributed by atoms with van der Waals surface area (Å²) >= 11 is 0. The van der Waals surface area contributed by atoms with Gasteiger partial charge in [0.2, 0.25) is 0 Å². The average Bonchev–Trinajstić information content (AvgIpc) is 3.22. The summed E-state index contributed by atoms with van der Waals surface area (Å²) < 4.78 is 8.27. The van der Waals surface area contributed by atoms with E-state index in [1.54, 1.807) is 24.5 Å². The molecule has 0 aliphatic heterocycles. The van der Waals surface area contributed by atoms with Crippen LogP contribution >= 0.6 is 0 Å². The van der Waals surface area contributed by atoms with E-state index in [1.807, 2.05) is 54.6 Å². The van der Waals surface area contributed by atoms with Crippen molar-refractivity contribution in [2.75, 3.05) is 6.61 Å². The molecule has 7 heteroatoms. The second-order valence-corrected chi connectivity index (χ2v) is 15.0. The topological polar surface area (TPSA) is 77.2 Å². The lowest BCUT2D eigenvalue weighted by molar-refractivity contribution is 0.0697. The van der Waals surface area contributed by atoms with E-state index in [1.165, 1.54) is 0 Å². The van der Waals surface area contributed by atoms with Crippen LogP contribution < -0.4 is 0 Å². The highest BCUT2D eigenvalue weighted by molar-refractivity contribution is 6.76. The summed E-state index contributed by atoms with van der Waals surface area (Å²) in [4.78, 5) is 20.6. The van der Waals surface area contributed by atoms with Gasteiger partial charge in [0.1, 0.15) is 12.6 Å². The summed E-state index contributed by atoms with van der Waals surface area (Å²) in [7, 11) is -1.23. The third-order valence-corrected chi connectivity index (χ3v) is 7.28. The molecule has 0 spiro atoms. The van der Waals surface area contributed by atoms with Crippen LogP contribution in [0.4, 0.5) is 0 Å². The zero-order valence-corrected chi connectivity index (χ0v) is 20.7. The van der Waals surface area contributed by atoms with Gasteiger partial charge in [0, 0.05) is 43.8 Å². The van der Waals surface area contributed by atoms with E-state index in [0.29, 0.717) is 13.3 Å². The Balaban J connectivity index is 1.86. The molecule has 0 fully saturated rings. The monoisotopic (exact) mass is 471 g/mol. The van der Waals surface area contributed by atoms with Gasteiger partial charge in [0.15, 0.2) is 0 Å². The van der Waals surface area contributed by atoms with Crippen LogP contribution in [0.25, 0.3) is 33.9 Å². The average molecular weight is 472 g/mol. The zero-order chi connectivity index (χ0) is 24.1. The molecule has 0 aliphatic carbocycles. The lowest BCUT2D eigenvalue weighted by atomic mass is 10.0. The molecule has 34 heavy (non-hydrogen) atoms. The fourth-order valence-electron chi connectivity index (χ4n) is 3.69. The number of nitrogens with zero attached hydrogens (tertiary/aromatic N) is 3. The molecule has 4 aromatic rings. The molecular weight excluding hydrogens is 442 g/mol. The maximum absolute atomic E-state index is 11.4. The number of rotatable bonds is 9. The molecule has 2 aromatic carbocycles. The molecule has 0 amide bonds. The van der Waals surface area contributed by atoms with Gasteiger partial charge in [0.05, 0.1) is 17.0 Å². The molecule has 0 atom stereocenters. The van der Waals surface area contributed by atoms with Crippen molar-refractivity contribution in [3.63, 3.8) is 0 Å². The van der Waals surface area contributed by atoms with Crippen molar-refractivity contribution in [1.82, 2.24) is 14.5 Å². The van der Waals surface area contributed by atoms with E-state index in [2.05, 4.69) is 29.2 Å². The van der Waals surface area contributed by atoms with Crippen molar-refractivity contribution < 1.29 is 14.6 Å². The number of carboxylic acid groups (broad SMARTS) is 1. The minimum atomic E-state index is -1.23. The Morgan fingerprint density at radius 2 is 1.59 bits per heavy atom. The van der Waals surface area contributed by atoms with Crippen molar-refractivity contribution >= 4 is 14.0 Å². The number of aromatic nitrogens is 3. The van der Waals surface area contributed by atoms with Crippen LogP contribution in [0.15, 0.2) is 79.1 Å². The molecule has 0 aliphatic rings. The van der Waals surface area contributed by atoms with E-state index >= 15 is 0 Å². The molecule has 0 saturated carbocycles. The molecule has 0 unspecified atom stereocenters. The minimum absolute atomic E-state index is 0.245. The first-order chi connectivity index (χ1) is 16.3. The van der Waals surface area contributed by atoms with E-state index in [0.717, 1.165) is 39.9 Å². The highest BCUT2D eigenvalue weighted by Crippen LogP contribution is 2.36. The number of hydrogen-bond acceptors (Lipinski definition) is 4. The molecular formula is C27H29N3O3Si. The van der Waals surface area contributed by atoms with Crippen LogP contribution in [0.1, 0.15) is 10.4 Å². The van der Waals surface area contributed by atoms with Crippen molar-refractivity contribution in [3.8, 4) is 33.9 Å². The van der Waals surface area contributed by atoms with Gasteiger partial charge in [-0.05, 0) is 30.3 Å². The Labute approximate surface area is 200 Å². The lowest BCUT2D eigenvalue weighted by Gasteiger charge is -2.17. The van der Waals surface area contributed by atoms with Crippen LogP contribution in [0.5, 0.6) is 0 Å². The van der Waals surface area contributed by atoms with Crippen LogP contribution in [0.3, 0.4) is 0 Å². The molecule has 0 bridgehead atoms. The molecule has 4 rings (SSSR count). The highest BCUT2D eigenvalue weighted by Gasteiger charge is 2.22. The summed E-state index contributed by atoms with van der Waals surface area (Å²) in [5.41, 5.74) is 4.73. The van der Waals surface area contributed by atoms with E-state index in [4.69, 9.17) is 9.72 Å². The smallest absolute Gasteiger partial charge is 0.335 e. The second-order valence-electron chi connectivity index (χ2n) is 9.39. The number of carbonyl (C=O) groups is 1. The fraction of sp³-hybridized carbons (Fsp3) is 0.222. The minimum Gasteiger partial charge on any atom is -0.478 e. The van der Waals surface area contributed by atoms with E-state index in [9.17, 15) is 9.90 Å². The maximum Gasteiger partial charge on any atom is 0.335 e. The standard InChI is InChI=1S/C27H29N3O3Si/c1-34(2,3)18-17-33-19-30-25(21-9-11-23(12-10-21)27(31)32)24(20-13-15-28-16-14-20)29-26(30)22-7-5-4-6-8-22/h4-16H,17-19H2,1-3H3,(H,31,32). The van der Waals surface area contributed by atoms with Gasteiger partial charge in [-0.2, -0.15) is 0 Å². The first-order valence-electron chi connectivity index (χ1n) is 11.3. The maximum atomic E-state index is 11.4. The van der Waals surface area contributed by atoms with Crippen LogP contribution in [-0.2, 0) is 11.5 Å². The van der Waals surface area contributed by atoms with E-state index in [-0.39, 0.29) is 5.56 Å². The van der Waals surface area contributed by atoms with Crippen molar-refractivity contribution in [2.45, 2.75) is 32.4 Å². The van der Waals surface area contributed by atoms with Gasteiger partial charge < -0.3 is 9.84 Å². The number of aromatic carboxylic acids is 1. The van der Waals surface area contributed by atoms with Crippen molar-refractivity contribution in [1.29, 1.82) is 0 Å². The summed E-state index contributed by atoms with van der Waals surface area (Å²) in [5, 5.41) is 9.35. The zero-order valence-electron chi connectivity index (χ0n) is 19.7. The number of imidazole rings is 1. The number of pyridine rings is 1. The van der Waals surface area contributed by atoms with Crippen LogP contribution in [0.2, 0.25) is 25.7 Å². The molecule has 0 saturated heterocycles. The summed E-state index contributed by atoms with van der Waals surface area (Å²) in [6.07, 6.45) is 3.50. The molecule has 6 nitrogen and oxygen atoms in total. The predicted octanol–water partition coefficient (Wildman–Crippen LogP) is 6.29. The summed E-state index contributed by atoms with van der Waals surface area (Å²) in [5.74, 6) is -0.146. The number of hydrogen-bond donors (Lipinski definition) is 1. The second kappa shape index (κ2) is 10.2. The summed E-state index contributed by atoms with van der Waals surface area (Å²) in [6.45, 7) is 8.03. The number of carboxylic acids is 1. The van der Waals surface area contributed by atoms with Gasteiger partial charge in [-0.1, -0.05) is 62.1 Å². The first kappa shape index (κ1) is 23.6. The van der Waals surface area contributed by atoms with Crippen molar-refractivity contribution in [2.24, 2.45) is 0 Å². The van der Waals surface area contributed by atoms with Gasteiger partial charge in [-0.15, -0.1) is 0 Å². The van der Waals surface area contributed by atoms with Gasteiger partial charge in [0.25, 0.3) is 0 Å². The molecule has 2 heterocycles. The van der Waals surface area contributed by atoms with Gasteiger partial charge in [-0.3, -0.25) is 9.55 Å². The van der Waals surface area contributed by atoms with Gasteiger partial charge >= 0.3 is 5.97 Å².